The molecule has 0 N–H and O–H groups in total. The number of hydrogen-bond donors (Lipinski definition) is 0. The lowest BCUT2D eigenvalue weighted by atomic mass is 10.00. The largest absolute Gasteiger partial charge is 0.624 e. The van der Waals surface area contributed by atoms with E-state index in [4.69, 9.17) is 0 Å². The van der Waals surface area contributed by atoms with E-state index in [0.717, 1.165) is 6.42 Å². The molecule has 0 aromatic rings. The van der Waals surface area contributed by atoms with Crippen LogP contribution in [0.1, 0.15) is 32.6 Å². The van der Waals surface area contributed by atoms with E-state index in [9.17, 15) is 22.0 Å². The SMILES string of the molecule is CCCC[N+]([O-])=CC1=CCC(=S(=O)=O)CC1=S(=O)=O. The molecular formula is C11H15NO5S2. The van der Waals surface area contributed by atoms with Gasteiger partial charge < -0.3 is 5.21 Å². The number of unbranched alkanes of at least 4 members (excludes halogenated alkanes) is 1. The van der Waals surface area contributed by atoms with Gasteiger partial charge in [0.1, 0.15) is 0 Å². The summed E-state index contributed by atoms with van der Waals surface area (Å²) in [6.07, 6.45) is 4.23. The maximum atomic E-state index is 11.5. The smallest absolute Gasteiger partial charge is 0.218 e. The van der Waals surface area contributed by atoms with Crippen LogP contribution in [0.2, 0.25) is 0 Å². The lowest BCUT2D eigenvalue weighted by molar-refractivity contribution is -0.452. The van der Waals surface area contributed by atoms with Crippen molar-refractivity contribution in [2.24, 2.45) is 0 Å². The third-order valence-corrected chi connectivity index (χ3v) is 4.25. The number of nitrogens with zero attached hydrogens (tertiary/aromatic N) is 1. The van der Waals surface area contributed by atoms with Gasteiger partial charge in [0.2, 0.25) is 20.6 Å². The average molecular weight is 305 g/mol. The van der Waals surface area contributed by atoms with Crippen molar-refractivity contribution < 1.29 is 21.6 Å². The summed E-state index contributed by atoms with van der Waals surface area (Å²) in [5.41, 5.74) is 0.286. The van der Waals surface area contributed by atoms with Gasteiger partial charge in [-0.2, -0.15) is 16.8 Å². The van der Waals surface area contributed by atoms with Gasteiger partial charge in [-0.15, -0.1) is 0 Å². The van der Waals surface area contributed by atoms with E-state index in [1.165, 1.54) is 12.3 Å². The van der Waals surface area contributed by atoms with E-state index < -0.39 is 20.6 Å². The Hall–Kier alpha value is -1.41. The molecular weight excluding hydrogens is 290 g/mol. The molecule has 6 nitrogen and oxygen atoms in total. The van der Waals surface area contributed by atoms with Crippen molar-refractivity contribution >= 4 is 36.5 Å². The third kappa shape index (κ3) is 4.64. The fourth-order valence-electron chi connectivity index (χ4n) is 1.63. The third-order valence-electron chi connectivity index (χ3n) is 2.68. The molecule has 106 valence electrons. The molecule has 0 aromatic heterocycles. The van der Waals surface area contributed by atoms with Gasteiger partial charge in [-0.25, -0.2) is 4.74 Å². The fourth-order valence-corrected chi connectivity index (χ4v) is 2.82. The molecule has 0 bridgehead atoms. The number of hydroxylamine groups is 1. The zero-order valence-corrected chi connectivity index (χ0v) is 12.1. The van der Waals surface area contributed by atoms with Gasteiger partial charge in [0.05, 0.1) is 15.3 Å². The lowest BCUT2D eigenvalue weighted by Crippen LogP contribution is -2.21. The highest BCUT2D eigenvalue weighted by Crippen LogP contribution is 2.11. The van der Waals surface area contributed by atoms with Crippen LogP contribution in [0.5, 0.6) is 0 Å². The normalized spacial score (nSPS) is 16.3. The minimum atomic E-state index is -2.53. The minimum Gasteiger partial charge on any atom is -0.624 e. The van der Waals surface area contributed by atoms with E-state index >= 15 is 0 Å². The second-order valence-electron chi connectivity index (χ2n) is 4.09. The summed E-state index contributed by atoms with van der Waals surface area (Å²) in [6, 6.07) is 0. The molecule has 0 aliphatic heterocycles. The van der Waals surface area contributed by atoms with Crippen molar-refractivity contribution in [2.45, 2.75) is 32.6 Å². The molecule has 0 unspecified atom stereocenters. The van der Waals surface area contributed by atoms with Gasteiger partial charge >= 0.3 is 0 Å². The van der Waals surface area contributed by atoms with E-state index in [0.29, 0.717) is 11.2 Å². The van der Waals surface area contributed by atoms with Crippen molar-refractivity contribution in [1.82, 2.24) is 0 Å². The summed E-state index contributed by atoms with van der Waals surface area (Å²) in [5, 5.41) is 11.5. The van der Waals surface area contributed by atoms with Crippen LogP contribution >= 0.6 is 0 Å². The summed E-state index contributed by atoms with van der Waals surface area (Å²) in [4.78, 5) is 0.0603. The van der Waals surface area contributed by atoms with Crippen LogP contribution in [0.3, 0.4) is 0 Å². The van der Waals surface area contributed by atoms with Crippen LogP contribution in [-0.2, 0) is 20.6 Å². The van der Waals surface area contributed by atoms with Gasteiger partial charge in [-0.1, -0.05) is 19.4 Å². The van der Waals surface area contributed by atoms with Crippen molar-refractivity contribution in [3.8, 4) is 0 Å². The van der Waals surface area contributed by atoms with Crippen LogP contribution < -0.4 is 0 Å². The standard InChI is InChI=1S/C11H15NO5S2/c1-2-3-6-12(13)8-9-4-5-10(18(14)15)7-11(9)19(16)17/h4,8H,2-3,5-7H2,1H3. The maximum Gasteiger partial charge on any atom is 0.218 e. The van der Waals surface area contributed by atoms with Gasteiger partial charge in [0.15, 0.2) is 12.8 Å². The molecule has 1 rings (SSSR count). The highest BCUT2D eigenvalue weighted by atomic mass is 32.2. The first-order valence-electron chi connectivity index (χ1n) is 5.84. The molecule has 0 saturated heterocycles. The zero-order chi connectivity index (χ0) is 14.4. The number of rotatable bonds is 4. The molecule has 0 radical (unpaired) electrons. The van der Waals surface area contributed by atoms with E-state index in [2.05, 4.69) is 0 Å². The molecule has 0 atom stereocenters. The molecule has 19 heavy (non-hydrogen) atoms. The van der Waals surface area contributed by atoms with Gasteiger partial charge in [0, 0.05) is 19.3 Å². The van der Waals surface area contributed by atoms with Crippen LogP contribution in [0.4, 0.5) is 0 Å². The van der Waals surface area contributed by atoms with Crippen molar-refractivity contribution in [3.63, 3.8) is 0 Å². The Bertz CT molecular complexity index is 665. The predicted molar refractivity (Wildman–Crippen MR) is 74.6 cm³/mol. The first-order chi connectivity index (χ1) is 8.95. The Morgan fingerprint density at radius 1 is 1.32 bits per heavy atom. The zero-order valence-electron chi connectivity index (χ0n) is 10.5. The Balaban J connectivity index is 3.14. The molecule has 0 fully saturated rings. The summed E-state index contributed by atoms with van der Waals surface area (Å²) < 4.78 is 44.5. The quantitative estimate of drug-likeness (QED) is 0.243. The van der Waals surface area contributed by atoms with Crippen molar-refractivity contribution in [1.29, 1.82) is 0 Å². The average Bonchev–Trinajstić information content (AvgIpc) is 2.36. The van der Waals surface area contributed by atoms with E-state index in [-0.39, 0.29) is 34.7 Å². The van der Waals surface area contributed by atoms with Crippen LogP contribution in [-0.4, -0.2) is 44.1 Å². The summed E-state index contributed by atoms with van der Waals surface area (Å²) in [7, 11) is -4.93. The van der Waals surface area contributed by atoms with Gasteiger partial charge in [0.25, 0.3) is 0 Å². The molecule has 0 saturated carbocycles. The molecule has 8 heteroatoms. The van der Waals surface area contributed by atoms with E-state index in [1.807, 2.05) is 6.92 Å². The Morgan fingerprint density at radius 3 is 2.53 bits per heavy atom. The molecule has 1 aliphatic carbocycles. The summed E-state index contributed by atoms with van der Waals surface area (Å²) >= 11 is 0. The second-order valence-corrected chi connectivity index (χ2v) is 6.10. The highest BCUT2D eigenvalue weighted by Gasteiger charge is 2.19. The van der Waals surface area contributed by atoms with Crippen molar-refractivity contribution in [3.05, 3.63) is 16.9 Å². The van der Waals surface area contributed by atoms with E-state index in [1.54, 1.807) is 0 Å². The molecule has 0 spiro atoms. The molecule has 0 heterocycles. The van der Waals surface area contributed by atoms with Crippen LogP contribution in [0, 0.1) is 5.21 Å². The summed E-state index contributed by atoms with van der Waals surface area (Å²) in [6.45, 7) is 2.24. The maximum absolute atomic E-state index is 11.5. The molecule has 0 aromatic carbocycles. The number of allylic oxidation sites excluding steroid dienone is 2. The fraction of sp³-hybridized carbons (Fsp3) is 0.545. The van der Waals surface area contributed by atoms with Crippen molar-refractivity contribution in [2.75, 3.05) is 6.54 Å². The Kier molecular flexibility index (Phi) is 5.97. The minimum absolute atomic E-state index is 0.0530. The van der Waals surface area contributed by atoms with Gasteiger partial charge in [-0.05, 0) is 0 Å². The van der Waals surface area contributed by atoms with Gasteiger partial charge in [-0.3, -0.25) is 0 Å². The Labute approximate surface area is 114 Å². The highest BCUT2D eigenvalue weighted by molar-refractivity contribution is 7.75. The Morgan fingerprint density at radius 2 is 2.00 bits per heavy atom. The number of hydrogen-bond acceptors (Lipinski definition) is 5. The van der Waals surface area contributed by atoms with Crippen LogP contribution in [0.25, 0.3) is 0 Å². The van der Waals surface area contributed by atoms with Crippen LogP contribution in [0.15, 0.2) is 11.6 Å². The first-order valence-corrected chi connectivity index (χ1v) is 7.99. The molecule has 1 aliphatic rings. The lowest BCUT2D eigenvalue weighted by Gasteiger charge is -2.10. The molecule has 0 amide bonds. The monoisotopic (exact) mass is 305 g/mol. The summed E-state index contributed by atoms with van der Waals surface area (Å²) in [5.74, 6) is 0. The second kappa shape index (κ2) is 7.25. The predicted octanol–water partition coefficient (Wildman–Crippen LogP) is 0.191. The first kappa shape index (κ1) is 15.6. The topological polar surface area (TPSA) is 94.3 Å².